The zero-order valence-corrected chi connectivity index (χ0v) is 14.9. The first-order valence-electron chi connectivity index (χ1n) is 8.25. The minimum Gasteiger partial charge on any atom is -0.459 e. The number of thiazole rings is 1. The van der Waals surface area contributed by atoms with E-state index in [0.29, 0.717) is 23.0 Å². The first-order chi connectivity index (χ1) is 12.1. The van der Waals surface area contributed by atoms with Gasteiger partial charge in [0.05, 0.1) is 11.7 Å². The summed E-state index contributed by atoms with van der Waals surface area (Å²) in [4.78, 5) is 24.3. The summed E-state index contributed by atoms with van der Waals surface area (Å²) in [6, 6.07) is 3.63. The van der Waals surface area contributed by atoms with Crippen molar-refractivity contribution in [2.75, 3.05) is 6.54 Å². The number of nitrogens with zero attached hydrogens (tertiary/aromatic N) is 4. The number of carbonyl (C=O) groups is 1. The van der Waals surface area contributed by atoms with E-state index >= 15 is 0 Å². The van der Waals surface area contributed by atoms with Gasteiger partial charge in [0.25, 0.3) is 5.91 Å². The number of amides is 1. The topological polar surface area (TPSA) is 85.3 Å². The summed E-state index contributed by atoms with van der Waals surface area (Å²) < 4.78 is 10.5. The fraction of sp³-hybridized carbons (Fsp3) is 0.412. The second-order valence-corrected chi connectivity index (χ2v) is 7.14. The molecule has 3 aromatic heterocycles. The fourth-order valence-electron chi connectivity index (χ4n) is 3.15. The summed E-state index contributed by atoms with van der Waals surface area (Å²) in [6.45, 7) is 4.43. The largest absolute Gasteiger partial charge is 0.459 e. The molecule has 0 saturated carbocycles. The highest BCUT2D eigenvalue weighted by Crippen LogP contribution is 2.34. The minimum absolute atomic E-state index is 0.0287. The third kappa shape index (κ3) is 2.97. The van der Waals surface area contributed by atoms with Crippen LogP contribution in [0, 0.1) is 13.8 Å². The van der Waals surface area contributed by atoms with Crippen LogP contribution in [0.2, 0.25) is 0 Å². The third-order valence-corrected chi connectivity index (χ3v) is 5.54. The number of rotatable bonds is 3. The molecule has 1 aliphatic rings. The SMILES string of the molecule is Cc1ccc(-c2nc(C)c(C(=O)N3CCCCC3c3ncon3)s2)o1. The second kappa shape index (κ2) is 6.44. The zero-order chi connectivity index (χ0) is 17.4. The van der Waals surface area contributed by atoms with Crippen LogP contribution in [0.3, 0.4) is 0 Å². The average molecular weight is 358 g/mol. The van der Waals surface area contributed by atoms with Crippen LogP contribution in [0.1, 0.15) is 52.3 Å². The van der Waals surface area contributed by atoms with Crippen LogP contribution in [0.5, 0.6) is 0 Å². The number of hydrogen-bond donors (Lipinski definition) is 0. The van der Waals surface area contributed by atoms with Crippen molar-refractivity contribution in [1.29, 1.82) is 0 Å². The third-order valence-electron chi connectivity index (χ3n) is 4.38. The van der Waals surface area contributed by atoms with E-state index in [0.717, 1.165) is 35.7 Å². The molecule has 3 aromatic rings. The molecule has 0 aromatic carbocycles. The van der Waals surface area contributed by atoms with Crippen LogP contribution in [-0.4, -0.2) is 32.5 Å². The van der Waals surface area contributed by atoms with E-state index < -0.39 is 0 Å². The molecule has 8 heteroatoms. The molecule has 0 spiro atoms. The Morgan fingerprint density at radius 1 is 1.32 bits per heavy atom. The number of aromatic nitrogens is 3. The number of likely N-dealkylation sites (tertiary alicyclic amines) is 1. The first-order valence-corrected chi connectivity index (χ1v) is 9.06. The summed E-state index contributed by atoms with van der Waals surface area (Å²) in [5.74, 6) is 2.05. The number of hydrogen-bond acceptors (Lipinski definition) is 7. The highest BCUT2D eigenvalue weighted by Gasteiger charge is 2.33. The van der Waals surface area contributed by atoms with Gasteiger partial charge in [0.2, 0.25) is 6.39 Å². The van der Waals surface area contributed by atoms with E-state index in [9.17, 15) is 4.79 Å². The van der Waals surface area contributed by atoms with Gasteiger partial charge in [-0.2, -0.15) is 4.98 Å². The first kappa shape index (κ1) is 16.0. The van der Waals surface area contributed by atoms with Crippen molar-refractivity contribution < 1.29 is 13.7 Å². The Hall–Kier alpha value is -2.48. The van der Waals surface area contributed by atoms with Gasteiger partial charge in [-0.25, -0.2) is 4.98 Å². The van der Waals surface area contributed by atoms with Crippen LogP contribution in [-0.2, 0) is 0 Å². The molecule has 4 heterocycles. The lowest BCUT2D eigenvalue weighted by Gasteiger charge is -2.33. The van der Waals surface area contributed by atoms with Gasteiger partial charge in [0.15, 0.2) is 16.6 Å². The highest BCUT2D eigenvalue weighted by molar-refractivity contribution is 7.17. The second-order valence-electron chi connectivity index (χ2n) is 6.14. The summed E-state index contributed by atoms with van der Waals surface area (Å²) in [7, 11) is 0. The number of aryl methyl sites for hydroxylation is 2. The summed E-state index contributed by atoms with van der Waals surface area (Å²) in [5.41, 5.74) is 0.719. The summed E-state index contributed by atoms with van der Waals surface area (Å²) in [6.07, 6.45) is 4.17. The van der Waals surface area contributed by atoms with Crippen LogP contribution < -0.4 is 0 Å². The molecular formula is C17H18N4O3S. The lowest BCUT2D eigenvalue weighted by atomic mass is 10.0. The number of furan rings is 1. The predicted octanol–water partition coefficient (Wildman–Crippen LogP) is 3.77. The smallest absolute Gasteiger partial charge is 0.266 e. The highest BCUT2D eigenvalue weighted by atomic mass is 32.1. The summed E-state index contributed by atoms with van der Waals surface area (Å²) >= 11 is 1.37. The Morgan fingerprint density at radius 2 is 2.20 bits per heavy atom. The monoisotopic (exact) mass is 358 g/mol. The van der Waals surface area contributed by atoms with Gasteiger partial charge in [-0.05, 0) is 45.2 Å². The van der Waals surface area contributed by atoms with Crippen LogP contribution in [0.4, 0.5) is 0 Å². The molecule has 1 fully saturated rings. The van der Waals surface area contributed by atoms with Crippen molar-refractivity contribution in [3.05, 3.63) is 40.7 Å². The Balaban J connectivity index is 1.64. The molecule has 0 N–H and O–H groups in total. The molecule has 1 unspecified atom stereocenters. The zero-order valence-electron chi connectivity index (χ0n) is 14.1. The Kier molecular flexibility index (Phi) is 4.12. The molecule has 1 atom stereocenters. The van der Waals surface area contributed by atoms with Crippen molar-refractivity contribution in [3.63, 3.8) is 0 Å². The molecular weight excluding hydrogens is 340 g/mol. The maximum atomic E-state index is 13.2. The van der Waals surface area contributed by atoms with E-state index in [1.54, 1.807) is 0 Å². The standard InChI is InChI=1S/C17H18N4O3S/c1-10-6-7-13(24-10)16-19-11(2)14(25-16)17(22)21-8-4-3-5-12(21)15-18-9-23-20-15/h6-7,9,12H,3-5,8H2,1-2H3. The molecule has 25 heavy (non-hydrogen) atoms. The van der Waals surface area contributed by atoms with Gasteiger partial charge in [-0.3, -0.25) is 4.79 Å². The Morgan fingerprint density at radius 3 is 2.92 bits per heavy atom. The summed E-state index contributed by atoms with van der Waals surface area (Å²) in [5, 5.41) is 4.66. The fourth-order valence-corrected chi connectivity index (χ4v) is 4.13. The van der Waals surface area contributed by atoms with Crippen LogP contribution >= 0.6 is 11.3 Å². The molecule has 0 radical (unpaired) electrons. The molecule has 4 rings (SSSR count). The molecule has 1 aliphatic heterocycles. The van der Waals surface area contributed by atoms with Crippen molar-refractivity contribution in [2.24, 2.45) is 0 Å². The van der Waals surface area contributed by atoms with E-state index in [-0.39, 0.29) is 11.9 Å². The van der Waals surface area contributed by atoms with Crippen LogP contribution in [0.25, 0.3) is 10.8 Å². The maximum absolute atomic E-state index is 13.2. The van der Waals surface area contributed by atoms with Gasteiger partial charge in [0, 0.05) is 6.54 Å². The molecule has 1 amide bonds. The van der Waals surface area contributed by atoms with Gasteiger partial charge < -0.3 is 13.8 Å². The van der Waals surface area contributed by atoms with Crippen molar-refractivity contribution in [2.45, 2.75) is 39.2 Å². The molecule has 0 aliphatic carbocycles. The molecule has 7 nitrogen and oxygen atoms in total. The lowest BCUT2D eigenvalue weighted by Crippen LogP contribution is -2.38. The Labute approximate surface area is 148 Å². The van der Waals surface area contributed by atoms with Gasteiger partial charge in [0.1, 0.15) is 10.6 Å². The van der Waals surface area contributed by atoms with Crippen molar-refractivity contribution >= 4 is 17.2 Å². The number of carbonyl (C=O) groups excluding carboxylic acids is 1. The lowest BCUT2D eigenvalue weighted by molar-refractivity contribution is 0.0601. The van der Waals surface area contributed by atoms with Crippen LogP contribution in [0.15, 0.2) is 27.5 Å². The molecule has 1 saturated heterocycles. The average Bonchev–Trinajstić information content (AvgIpc) is 3.35. The number of piperidine rings is 1. The van der Waals surface area contributed by atoms with E-state index in [1.165, 1.54) is 17.7 Å². The maximum Gasteiger partial charge on any atom is 0.266 e. The van der Waals surface area contributed by atoms with Gasteiger partial charge in [-0.1, -0.05) is 5.16 Å². The van der Waals surface area contributed by atoms with Gasteiger partial charge >= 0.3 is 0 Å². The van der Waals surface area contributed by atoms with E-state index in [1.807, 2.05) is 30.9 Å². The predicted molar refractivity (Wildman–Crippen MR) is 91.2 cm³/mol. The quantitative estimate of drug-likeness (QED) is 0.708. The van der Waals surface area contributed by atoms with E-state index in [2.05, 4.69) is 15.1 Å². The minimum atomic E-state index is -0.143. The normalized spacial score (nSPS) is 17.8. The van der Waals surface area contributed by atoms with Crippen molar-refractivity contribution in [3.8, 4) is 10.8 Å². The van der Waals surface area contributed by atoms with E-state index in [4.69, 9.17) is 8.94 Å². The molecule has 0 bridgehead atoms. The Bertz CT molecular complexity index is 884. The molecule has 130 valence electrons. The van der Waals surface area contributed by atoms with Gasteiger partial charge in [-0.15, -0.1) is 11.3 Å². The van der Waals surface area contributed by atoms with Crippen molar-refractivity contribution in [1.82, 2.24) is 20.0 Å².